The van der Waals surface area contributed by atoms with Crippen molar-refractivity contribution in [1.29, 1.82) is 0 Å². The summed E-state index contributed by atoms with van der Waals surface area (Å²) < 4.78 is 2.33. The van der Waals surface area contributed by atoms with Crippen LogP contribution in [0.1, 0.15) is 11.8 Å². The maximum Gasteiger partial charge on any atom is 0.238 e. The minimum Gasteiger partial charge on any atom is -0.323 e. The van der Waals surface area contributed by atoms with E-state index in [4.69, 9.17) is 23.2 Å². The first-order valence-electron chi connectivity index (χ1n) is 7.96. The van der Waals surface area contributed by atoms with Crippen LogP contribution in [0, 0.1) is 0 Å². The van der Waals surface area contributed by atoms with Crippen LogP contribution in [-0.2, 0) is 11.3 Å². The van der Waals surface area contributed by atoms with E-state index in [1.54, 1.807) is 29.2 Å². The second kappa shape index (κ2) is 8.64. The Bertz CT molecular complexity index is 881. The van der Waals surface area contributed by atoms with Gasteiger partial charge in [0.05, 0.1) is 22.3 Å². The lowest BCUT2D eigenvalue weighted by Crippen LogP contribution is -2.32. The van der Waals surface area contributed by atoms with Gasteiger partial charge in [0.2, 0.25) is 5.91 Å². The van der Waals surface area contributed by atoms with Crippen LogP contribution in [0.5, 0.6) is 0 Å². The average Bonchev–Trinajstić information content (AvgIpc) is 3.26. The molecule has 0 saturated heterocycles. The summed E-state index contributed by atoms with van der Waals surface area (Å²) in [6, 6.07) is 9.08. The highest BCUT2D eigenvalue weighted by Gasteiger charge is 2.14. The molecule has 26 heavy (non-hydrogen) atoms. The van der Waals surface area contributed by atoms with Gasteiger partial charge in [-0.2, -0.15) is 5.10 Å². The fourth-order valence-electron chi connectivity index (χ4n) is 2.47. The number of nitrogens with one attached hydrogen (secondary N) is 1. The Hall–Kier alpha value is -1.93. The Balaban J connectivity index is 1.70. The van der Waals surface area contributed by atoms with Crippen molar-refractivity contribution in [3.8, 4) is 5.69 Å². The largest absolute Gasteiger partial charge is 0.323 e. The van der Waals surface area contributed by atoms with Crippen LogP contribution in [0.15, 0.2) is 43.0 Å². The van der Waals surface area contributed by atoms with Crippen molar-refractivity contribution >= 4 is 46.1 Å². The van der Waals surface area contributed by atoms with E-state index in [1.807, 2.05) is 24.0 Å². The molecule has 0 aliphatic heterocycles. The Morgan fingerprint density at radius 2 is 2.15 bits per heavy atom. The predicted octanol–water partition coefficient (Wildman–Crippen LogP) is 4.10. The number of hydrogen-bond donors (Lipinski definition) is 1. The van der Waals surface area contributed by atoms with Gasteiger partial charge < -0.3 is 5.32 Å². The van der Waals surface area contributed by atoms with Crippen LogP contribution in [0.25, 0.3) is 5.69 Å². The molecule has 0 bridgehead atoms. The summed E-state index contributed by atoms with van der Waals surface area (Å²) in [5, 5.41) is 7.56. The van der Waals surface area contributed by atoms with E-state index in [-0.39, 0.29) is 12.5 Å². The number of halogens is 2. The zero-order valence-electron chi connectivity index (χ0n) is 14.0. The Labute approximate surface area is 165 Å². The van der Waals surface area contributed by atoms with E-state index < -0.39 is 0 Å². The third-order valence-corrected chi connectivity index (χ3v) is 5.17. The quantitative estimate of drug-likeness (QED) is 0.637. The summed E-state index contributed by atoms with van der Waals surface area (Å²) >= 11 is 13.6. The smallest absolute Gasteiger partial charge is 0.238 e. The number of amides is 1. The van der Waals surface area contributed by atoms with Crippen LogP contribution < -0.4 is 5.32 Å². The highest BCUT2D eigenvalue weighted by molar-refractivity contribution is 7.16. The van der Waals surface area contributed by atoms with Crippen LogP contribution in [0.2, 0.25) is 9.36 Å². The number of carbonyl (C=O) groups excluding carboxylic acids is 1. The molecule has 1 N–H and O–H groups in total. The number of benzene rings is 1. The molecular formula is C17H17Cl2N5OS. The van der Waals surface area contributed by atoms with Crippen LogP contribution in [-0.4, -0.2) is 38.7 Å². The summed E-state index contributed by atoms with van der Waals surface area (Å²) in [7, 11) is 0. The molecule has 0 aliphatic carbocycles. The molecule has 0 spiro atoms. The number of anilines is 1. The van der Waals surface area contributed by atoms with Gasteiger partial charge in [-0.05, 0) is 36.9 Å². The lowest BCUT2D eigenvalue weighted by molar-refractivity contribution is -0.117. The molecule has 6 nitrogen and oxygen atoms in total. The number of carbonyl (C=O) groups is 1. The molecule has 136 valence electrons. The van der Waals surface area contributed by atoms with E-state index in [0.29, 0.717) is 22.9 Å². The van der Waals surface area contributed by atoms with Gasteiger partial charge >= 0.3 is 0 Å². The lowest BCUT2D eigenvalue weighted by Gasteiger charge is -2.19. The highest BCUT2D eigenvalue weighted by Crippen LogP contribution is 2.25. The molecule has 2 heterocycles. The molecule has 0 aliphatic rings. The molecule has 0 saturated carbocycles. The molecule has 3 aromatic rings. The van der Waals surface area contributed by atoms with Crippen molar-refractivity contribution in [2.75, 3.05) is 18.4 Å². The molecule has 0 atom stereocenters. The first-order valence-corrected chi connectivity index (χ1v) is 9.53. The topological polar surface area (TPSA) is 63.1 Å². The molecule has 0 fully saturated rings. The van der Waals surface area contributed by atoms with Gasteiger partial charge in [0.15, 0.2) is 0 Å². The summed E-state index contributed by atoms with van der Waals surface area (Å²) in [5.74, 6) is -0.127. The number of rotatable bonds is 7. The standard InChI is InChI=1S/C17H17Cl2N5OS/c1-2-23(8-13-4-6-16(19)26-13)9-17(25)22-14-7-12(18)3-5-15(14)24-11-20-10-21-24/h3-7,10-11H,2,8-9H2,1H3,(H,22,25). The monoisotopic (exact) mass is 409 g/mol. The van der Waals surface area contributed by atoms with Crippen LogP contribution in [0.3, 0.4) is 0 Å². The highest BCUT2D eigenvalue weighted by atomic mass is 35.5. The molecule has 0 unspecified atom stereocenters. The van der Waals surface area contributed by atoms with E-state index in [9.17, 15) is 4.79 Å². The number of nitrogens with zero attached hydrogens (tertiary/aromatic N) is 4. The lowest BCUT2D eigenvalue weighted by atomic mass is 10.2. The van der Waals surface area contributed by atoms with Crippen molar-refractivity contribution in [3.63, 3.8) is 0 Å². The summed E-state index contributed by atoms with van der Waals surface area (Å²) in [5.41, 5.74) is 1.29. The van der Waals surface area contributed by atoms with Crippen molar-refractivity contribution in [2.45, 2.75) is 13.5 Å². The number of aromatic nitrogens is 3. The van der Waals surface area contributed by atoms with Gasteiger partial charge in [-0.15, -0.1) is 11.3 Å². The molecule has 3 rings (SSSR count). The van der Waals surface area contributed by atoms with E-state index >= 15 is 0 Å². The summed E-state index contributed by atoms with van der Waals surface area (Å²) in [4.78, 5) is 19.6. The Morgan fingerprint density at radius 1 is 1.31 bits per heavy atom. The van der Waals surface area contributed by atoms with Crippen LogP contribution in [0.4, 0.5) is 5.69 Å². The Kier molecular flexibility index (Phi) is 6.26. The number of thiophene rings is 1. The molecule has 0 radical (unpaired) electrons. The van der Waals surface area contributed by atoms with Crippen molar-refractivity contribution < 1.29 is 4.79 Å². The SMILES string of the molecule is CCN(CC(=O)Nc1cc(Cl)ccc1-n1cncn1)Cc1ccc(Cl)s1. The fraction of sp³-hybridized carbons (Fsp3) is 0.235. The van der Waals surface area contributed by atoms with Gasteiger partial charge in [-0.1, -0.05) is 30.1 Å². The Morgan fingerprint density at radius 3 is 2.81 bits per heavy atom. The van der Waals surface area contributed by atoms with Crippen molar-refractivity contribution in [3.05, 3.63) is 57.2 Å². The van der Waals surface area contributed by atoms with Gasteiger partial charge in [-0.25, -0.2) is 9.67 Å². The molecule has 1 aromatic carbocycles. The number of hydrogen-bond acceptors (Lipinski definition) is 5. The minimum absolute atomic E-state index is 0.127. The maximum atomic E-state index is 12.5. The summed E-state index contributed by atoms with van der Waals surface area (Å²) in [6.07, 6.45) is 3.00. The van der Waals surface area contributed by atoms with Crippen molar-refractivity contribution in [1.82, 2.24) is 19.7 Å². The van der Waals surface area contributed by atoms with Gasteiger partial charge in [0, 0.05) is 16.4 Å². The van der Waals surface area contributed by atoms with Gasteiger partial charge in [-0.3, -0.25) is 9.69 Å². The minimum atomic E-state index is -0.127. The van der Waals surface area contributed by atoms with Gasteiger partial charge in [0.25, 0.3) is 0 Å². The average molecular weight is 410 g/mol. The number of likely N-dealkylation sites (N-methyl/N-ethyl adjacent to an activating group) is 1. The normalized spacial score (nSPS) is 11.1. The first-order chi connectivity index (χ1) is 12.5. The third-order valence-electron chi connectivity index (χ3n) is 3.72. The molecule has 2 aromatic heterocycles. The zero-order chi connectivity index (χ0) is 18.5. The first kappa shape index (κ1) is 18.8. The van der Waals surface area contributed by atoms with E-state index in [1.165, 1.54) is 17.7 Å². The second-order valence-electron chi connectivity index (χ2n) is 5.56. The summed E-state index contributed by atoms with van der Waals surface area (Å²) in [6.45, 7) is 3.69. The predicted molar refractivity (Wildman–Crippen MR) is 105 cm³/mol. The maximum absolute atomic E-state index is 12.5. The second-order valence-corrected chi connectivity index (χ2v) is 7.79. The third kappa shape index (κ3) is 4.82. The zero-order valence-corrected chi connectivity index (χ0v) is 16.4. The van der Waals surface area contributed by atoms with Crippen molar-refractivity contribution in [2.24, 2.45) is 0 Å². The van der Waals surface area contributed by atoms with E-state index in [2.05, 4.69) is 15.4 Å². The fourth-order valence-corrected chi connectivity index (χ4v) is 3.77. The van der Waals surface area contributed by atoms with E-state index in [0.717, 1.165) is 15.8 Å². The van der Waals surface area contributed by atoms with Gasteiger partial charge in [0.1, 0.15) is 12.7 Å². The van der Waals surface area contributed by atoms with Crippen LogP contribution >= 0.6 is 34.5 Å². The molecular weight excluding hydrogens is 393 g/mol. The molecule has 9 heteroatoms. The molecule has 1 amide bonds.